The van der Waals surface area contributed by atoms with Gasteiger partial charge >= 0.3 is 0 Å². The van der Waals surface area contributed by atoms with Crippen LogP contribution in [-0.2, 0) is 20.2 Å². The molecule has 5 N–H and O–H groups in total. The Hall–Kier alpha value is -3.98. The van der Waals surface area contributed by atoms with Gasteiger partial charge in [0, 0.05) is 11.3 Å². The molecule has 2 aromatic carbocycles. The van der Waals surface area contributed by atoms with Crippen molar-refractivity contribution in [1.29, 1.82) is 0 Å². The zero-order valence-electron chi connectivity index (χ0n) is 17.9. The molecule has 0 spiro atoms. The van der Waals surface area contributed by atoms with Crippen molar-refractivity contribution < 1.29 is 25.9 Å². The predicted molar refractivity (Wildman–Crippen MR) is 125 cm³/mol. The van der Waals surface area contributed by atoms with E-state index in [1.165, 1.54) is 24.3 Å². The molecule has 0 amide bonds. The van der Waals surface area contributed by atoms with Gasteiger partial charge in [-0.2, -0.15) is 16.8 Å². The summed E-state index contributed by atoms with van der Waals surface area (Å²) in [5.74, 6) is 0. The highest BCUT2D eigenvalue weighted by atomic mass is 32.2. The summed E-state index contributed by atoms with van der Waals surface area (Å²) in [5, 5.41) is 8.00. The van der Waals surface area contributed by atoms with Gasteiger partial charge in [0.05, 0.1) is 31.6 Å². The van der Waals surface area contributed by atoms with Gasteiger partial charge in [-0.25, -0.2) is 4.68 Å². The molecular weight excluding hydrogens is 500 g/mol. The third-order valence-electron chi connectivity index (χ3n) is 5.26. The number of rotatable bonds is 5. The van der Waals surface area contributed by atoms with Crippen LogP contribution in [0.4, 0.5) is 0 Å². The molecule has 0 aliphatic carbocycles. The van der Waals surface area contributed by atoms with Crippen molar-refractivity contribution in [3.63, 3.8) is 0 Å². The molecule has 0 atom stereocenters. The van der Waals surface area contributed by atoms with E-state index < -0.39 is 31.4 Å². The highest BCUT2D eigenvalue weighted by molar-refractivity contribution is 7.86. The first-order valence-electron chi connectivity index (χ1n) is 9.77. The molecule has 0 bridgehead atoms. The highest BCUT2D eigenvalue weighted by Gasteiger charge is 2.20. The summed E-state index contributed by atoms with van der Waals surface area (Å²) in [7, 11) is -8.90. The second kappa shape index (κ2) is 8.35. The molecular formula is C21H18N4O8S2. The molecule has 0 unspecified atom stereocenters. The molecule has 0 saturated carbocycles. The lowest BCUT2D eigenvalue weighted by atomic mass is 9.96. The molecule has 35 heavy (non-hydrogen) atoms. The summed E-state index contributed by atoms with van der Waals surface area (Å²) >= 11 is 0. The molecule has 2 heterocycles. The number of hydrogen-bond donors (Lipinski definition) is 5. The fourth-order valence-electron chi connectivity index (χ4n) is 3.64. The minimum absolute atomic E-state index is 0.00309. The van der Waals surface area contributed by atoms with Gasteiger partial charge < -0.3 is 5.10 Å². The van der Waals surface area contributed by atoms with Crippen LogP contribution >= 0.6 is 0 Å². The minimum Gasteiger partial charge on any atom is -0.302 e. The fourth-order valence-corrected chi connectivity index (χ4v) is 4.60. The monoisotopic (exact) mass is 518 g/mol. The van der Waals surface area contributed by atoms with Gasteiger partial charge in [-0.15, -0.1) is 0 Å². The molecule has 4 rings (SSSR count). The first-order valence-corrected chi connectivity index (χ1v) is 12.6. The Morgan fingerprint density at radius 2 is 1.37 bits per heavy atom. The van der Waals surface area contributed by atoms with Crippen LogP contribution in [0.5, 0.6) is 0 Å². The van der Waals surface area contributed by atoms with Gasteiger partial charge in [-0.1, -0.05) is 18.7 Å². The lowest BCUT2D eigenvalue weighted by Crippen LogP contribution is -2.37. The maximum atomic E-state index is 13.5. The van der Waals surface area contributed by atoms with E-state index in [0.717, 1.165) is 28.9 Å². The normalized spacial score (nSPS) is 13.1. The van der Waals surface area contributed by atoms with E-state index in [0.29, 0.717) is 11.3 Å². The van der Waals surface area contributed by atoms with Crippen molar-refractivity contribution in [3.8, 4) is 5.69 Å². The summed E-state index contributed by atoms with van der Waals surface area (Å²) in [6, 6.07) is 9.73. The van der Waals surface area contributed by atoms with Crippen molar-refractivity contribution >= 4 is 32.4 Å². The van der Waals surface area contributed by atoms with E-state index in [9.17, 15) is 35.5 Å². The topological polar surface area (TPSA) is 195 Å². The van der Waals surface area contributed by atoms with E-state index in [1.54, 1.807) is 6.92 Å². The van der Waals surface area contributed by atoms with Gasteiger partial charge in [0.15, 0.2) is 0 Å². The first kappa shape index (κ1) is 24.2. The Bertz CT molecular complexity index is 1890. The Kier molecular flexibility index (Phi) is 5.76. The number of benzene rings is 2. The summed E-state index contributed by atoms with van der Waals surface area (Å²) in [6.07, 6.45) is 0. The van der Waals surface area contributed by atoms with Crippen molar-refractivity contribution in [1.82, 2.24) is 20.0 Å². The minimum atomic E-state index is -4.47. The molecule has 0 aliphatic rings. The predicted octanol–water partition coefficient (Wildman–Crippen LogP) is -0.359. The second-order valence-corrected chi connectivity index (χ2v) is 10.4. The van der Waals surface area contributed by atoms with Crippen LogP contribution in [0.25, 0.3) is 17.8 Å². The highest BCUT2D eigenvalue weighted by Crippen LogP contribution is 2.21. The van der Waals surface area contributed by atoms with E-state index in [1.807, 2.05) is 0 Å². The van der Waals surface area contributed by atoms with Crippen LogP contribution in [0.1, 0.15) is 16.8 Å². The number of H-pyrrole nitrogens is 3. The van der Waals surface area contributed by atoms with E-state index in [-0.39, 0.29) is 37.2 Å². The standard InChI is InChI=1S/C21H18N4O8S2/c1-11-17(20(26)23-22-11)19(13-3-7-15(8-4-13)34(28,29)30)18-12(2)24-25(21(18)27)14-5-9-16(10-6-14)35(31,32)33/h3-10,24H,2H2,1H3,(H2,22,23,26)(H,28,29,30)(H,31,32,33). The van der Waals surface area contributed by atoms with E-state index in [2.05, 4.69) is 21.9 Å². The molecule has 2 aromatic heterocycles. The van der Waals surface area contributed by atoms with E-state index >= 15 is 0 Å². The van der Waals surface area contributed by atoms with Gasteiger partial charge in [0.2, 0.25) is 0 Å². The van der Waals surface area contributed by atoms with Crippen molar-refractivity contribution in [2.75, 3.05) is 0 Å². The number of hydrogen-bond acceptors (Lipinski definition) is 6. The second-order valence-electron chi connectivity index (χ2n) is 7.53. The number of aryl methyl sites for hydroxylation is 1. The maximum Gasteiger partial charge on any atom is 0.294 e. The number of aromatic nitrogens is 4. The van der Waals surface area contributed by atoms with Crippen molar-refractivity contribution in [2.24, 2.45) is 0 Å². The Morgan fingerprint density at radius 3 is 1.83 bits per heavy atom. The fraction of sp³-hybridized carbons (Fsp3) is 0.0476. The summed E-state index contributed by atoms with van der Waals surface area (Å²) in [6.45, 7) is 5.46. The number of nitrogens with one attached hydrogen (secondary N) is 3. The maximum absolute atomic E-state index is 13.5. The summed E-state index contributed by atoms with van der Waals surface area (Å²) in [5.41, 5.74) is -0.0116. The molecule has 0 fully saturated rings. The Labute approximate surface area is 197 Å². The number of aromatic amines is 3. The quantitative estimate of drug-likeness (QED) is 0.221. The average molecular weight is 519 g/mol. The first-order chi connectivity index (χ1) is 16.3. The largest absolute Gasteiger partial charge is 0.302 e. The van der Waals surface area contributed by atoms with Crippen molar-refractivity contribution in [2.45, 2.75) is 16.7 Å². The SMILES string of the molecule is C=c1[nH]n(-c2ccc(S(=O)(=O)O)cc2)c(=O)c1=C(c1ccc(S(=O)(=O)O)cc1)c1c(C)[nH][nH]c1=O. The third-order valence-corrected chi connectivity index (χ3v) is 7.00. The van der Waals surface area contributed by atoms with Crippen molar-refractivity contribution in [3.05, 3.63) is 96.6 Å². The number of nitrogens with zero attached hydrogens (tertiary/aromatic N) is 1. The molecule has 182 valence electrons. The molecule has 0 radical (unpaired) electrons. The molecule has 14 heteroatoms. The third kappa shape index (κ3) is 4.42. The van der Waals surface area contributed by atoms with Gasteiger partial charge in [-0.05, 0) is 48.9 Å². The summed E-state index contributed by atoms with van der Waals surface area (Å²) in [4.78, 5) is 25.4. The zero-order chi connectivity index (χ0) is 25.7. The Balaban J connectivity index is 2.06. The van der Waals surface area contributed by atoms with Crippen LogP contribution in [0.2, 0.25) is 0 Å². The van der Waals surface area contributed by atoms with Crippen LogP contribution in [0.15, 0.2) is 67.9 Å². The van der Waals surface area contributed by atoms with E-state index in [4.69, 9.17) is 0 Å². The van der Waals surface area contributed by atoms with Crippen LogP contribution < -0.4 is 21.7 Å². The molecule has 12 nitrogen and oxygen atoms in total. The van der Waals surface area contributed by atoms with Gasteiger partial charge in [0.25, 0.3) is 31.4 Å². The molecule has 0 aliphatic heterocycles. The molecule has 0 saturated heterocycles. The van der Waals surface area contributed by atoms with Crippen LogP contribution in [0, 0.1) is 6.92 Å². The molecule has 4 aromatic rings. The smallest absolute Gasteiger partial charge is 0.294 e. The lowest BCUT2D eigenvalue weighted by molar-refractivity contribution is 0.481. The summed E-state index contributed by atoms with van der Waals surface area (Å²) < 4.78 is 65.0. The van der Waals surface area contributed by atoms with Crippen LogP contribution in [-0.4, -0.2) is 45.9 Å². The Morgan fingerprint density at radius 1 is 0.857 bits per heavy atom. The zero-order valence-corrected chi connectivity index (χ0v) is 19.6. The van der Waals surface area contributed by atoms with Gasteiger partial charge in [-0.3, -0.25) is 28.9 Å². The average Bonchev–Trinajstić information content (AvgIpc) is 3.27. The van der Waals surface area contributed by atoms with Gasteiger partial charge in [0.1, 0.15) is 0 Å². The lowest BCUT2D eigenvalue weighted by Gasteiger charge is -2.07. The van der Waals surface area contributed by atoms with Crippen LogP contribution in [0.3, 0.4) is 0 Å².